The summed E-state index contributed by atoms with van der Waals surface area (Å²) in [6.07, 6.45) is 7.50. The van der Waals surface area contributed by atoms with Crippen LogP contribution in [0.4, 0.5) is 4.79 Å². The van der Waals surface area contributed by atoms with E-state index < -0.39 is 23.4 Å². The molecule has 1 N–H and O–H groups in total. The molecule has 3 aromatic rings. The molecule has 172 valence electrons. The maximum atomic E-state index is 13.2. The summed E-state index contributed by atoms with van der Waals surface area (Å²) in [6, 6.07) is 0. The second kappa shape index (κ2) is 8.61. The minimum atomic E-state index is -0.605. The molecule has 1 aliphatic rings. The van der Waals surface area contributed by atoms with Crippen LogP contribution in [0, 0.1) is 6.92 Å². The van der Waals surface area contributed by atoms with Crippen LogP contribution in [0.1, 0.15) is 36.7 Å². The van der Waals surface area contributed by atoms with Gasteiger partial charge in [0.25, 0.3) is 11.7 Å². The number of fused-ring (bicyclic) bond motifs is 1. The van der Waals surface area contributed by atoms with Crippen LogP contribution in [-0.4, -0.2) is 79.3 Å². The number of rotatable bonds is 3. The largest absolute Gasteiger partial charge is 0.444 e. The van der Waals surface area contributed by atoms with E-state index in [1.165, 1.54) is 11.1 Å². The zero-order valence-corrected chi connectivity index (χ0v) is 19.1. The second-order valence-corrected chi connectivity index (χ2v) is 8.92. The number of nitrogens with zero attached hydrogens (tertiary/aromatic N) is 5. The highest BCUT2D eigenvalue weighted by atomic mass is 16.6. The molecule has 4 heterocycles. The van der Waals surface area contributed by atoms with Crippen LogP contribution in [0.5, 0.6) is 0 Å². The third-order valence-electron chi connectivity index (χ3n) is 5.36. The van der Waals surface area contributed by atoms with Crippen LogP contribution in [-0.2, 0) is 9.53 Å². The molecule has 0 aliphatic carbocycles. The van der Waals surface area contributed by atoms with Crippen molar-refractivity contribution in [1.29, 1.82) is 0 Å². The number of hydrogen-bond acceptors (Lipinski definition) is 7. The molecule has 0 unspecified atom stereocenters. The van der Waals surface area contributed by atoms with Crippen molar-refractivity contribution in [3.8, 4) is 11.4 Å². The van der Waals surface area contributed by atoms with Crippen LogP contribution in [0.3, 0.4) is 0 Å². The molecule has 1 fully saturated rings. The van der Waals surface area contributed by atoms with Crippen molar-refractivity contribution in [2.45, 2.75) is 33.3 Å². The number of pyridine rings is 1. The summed E-state index contributed by atoms with van der Waals surface area (Å²) in [7, 11) is 0. The number of carbonyl (C=O) groups excluding carboxylic acids is 3. The van der Waals surface area contributed by atoms with Crippen molar-refractivity contribution < 1.29 is 19.1 Å². The van der Waals surface area contributed by atoms with E-state index in [-0.39, 0.29) is 18.7 Å². The second-order valence-electron chi connectivity index (χ2n) is 8.92. The summed E-state index contributed by atoms with van der Waals surface area (Å²) in [4.78, 5) is 57.3. The van der Waals surface area contributed by atoms with Gasteiger partial charge < -0.3 is 19.5 Å². The van der Waals surface area contributed by atoms with Crippen molar-refractivity contribution >= 4 is 28.7 Å². The lowest BCUT2D eigenvalue weighted by Gasteiger charge is -2.35. The Labute approximate surface area is 191 Å². The number of aryl methyl sites for hydroxylation is 1. The molecule has 10 heteroatoms. The quantitative estimate of drug-likeness (QED) is 0.481. The molecule has 0 bridgehead atoms. The van der Waals surface area contributed by atoms with Gasteiger partial charge >= 0.3 is 6.09 Å². The fraction of sp³-hybridized carbons (Fsp3) is 0.391. The Kier molecular flexibility index (Phi) is 5.84. The third-order valence-corrected chi connectivity index (χ3v) is 5.36. The molecule has 0 atom stereocenters. The molecule has 0 aromatic carbocycles. The van der Waals surface area contributed by atoms with E-state index in [4.69, 9.17) is 4.74 Å². The Morgan fingerprint density at radius 3 is 2.33 bits per heavy atom. The van der Waals surface area contributed by atoms with Gasteiger partial charge in [-0.25, -0.2) is 4.79 Å². The molecule has 2 amide bonds. The fourth-order valence-corrected chi connectivity index (χ4v) is 3.78. The van der Waals surface area contributed by atoms with E-state index in [0.717, 1.165) is 5.56 Å². The van der Waals surface area contributed by atoms with Crippen LogP contribution in [0.2, 0.25) is 0 Å². The first-order valence-electron chi connectivity index (χ1n) is 10.7. The Morgan fingerprint density at radius 2 is 1.70 bits per heavy atom. The van der Waals surface area contributed by atoms with Gasteiger partial charge in [-0.2, -0.15) is 0 Å². The highest BCUT2D eigenvalue weighted by Gasteiger charge is 2.32. The monoisotopic (exact) mass is 450 g/mol. The van der Waals surface area contributed by atoms with Crippen molar-refractivity contribution in [2.24, 2.45) is 0 Å². The molecule has 0 radical (unpaired) electrons. The lowest BCUT2D eigenvalue weighted by Crippen LogP contribution is -2.53. The number of amides is 2. The van der Waals surface area contributed by atoms with E-state index in [0.29, 0.717) is 35.4 Å². The molecule has 1 saturated heterocycles. The summed E-state index contributed by atoms with van der Waals surface area (Å²) >= 11 is 0. The first-order valence-corrected chi connectivity index (χ1v) is 10.7. The molecule has 3 aromatic heterocycles. The topological polar surface area (TPSA) is 121 Å². The summed E-state index contributed by atoms with van der Waals surface area (Å²) in [5, 5.41) is 0.636. The van der Waals surface area contributed by atoms with Crippen LogP contribution in [0.15, 0.2) is 31.0 Å². The number of nitrogens with one attached hydrogen (secondary N) is 1. The standard InChI is InChI=1S/C23H26N6O4/c1-14-11-26-18(16-13-24-5-6-25-16)19-17(14)15(12-27-19)20(30)21(31)28-7-9-29(10-8-28)22(32)33-23(2,3)4/h5-6,11-13,27H,7-10H2,1-4H3. The van der Waals surface area contributed by atoms with E-state index >= 15 is 0 Å². The Balaban J connectivity index is 1.53. The fourth-order valence-electron chi connectivity index (χ4n) is 3.78. The van der Waals surface area contributed by atoms with Crippen LogP contribution >= 0.6 is 0 Å². The average Bonchev–Trinajstić information content (AvgIpc) is 3.24. The number of ether oxygens (including phenoxy) is 1. The van der Waals surface area contributed by atoms with Crippen LogP contribution in [0.25, 0.3) is 22.3 Å². The lowest BCUT2D eigenvalue weighted by molar-refractivity contribution is -0.128. The zero-order valence-electron chi connectivity index (χ0n) is 19.1. The molecule has 1 aliphatic heterocycles. The van der Waals surface area contributed by atoms with Crippen molar-refractivity contribution in [3.05, 3.63) is 42.1 Å². The number of piperazine rings is 1. The highest BCUT2D eigenvalue weighted by molar-refractivity contribution is 6.45. The van der Waals surface area contributed by atoms with E-state index in [1.54, 1.807) is 50.5 Å². The van der Waals surface area contributed by atoms with Gasteiger partial charge in [0.2, 0.25) is 0 Å². The number of H-pyrrole nitrogens is 1. The van der Waals surface area contributed by atoms with Gasteiger partial charge in [0, 0.05) is 56.4 Å². The number of Topliss-reactive ketones (excluding diaryl/α,β-unsaturated/α-hetero) is 1. The van der Waals surface area contributed by atoms with E-state index in [1.807, 2.05) is 6.92 Å². The van der Waals surface area contributed by atoms with E-state index in [9.17, 15) is 14.4 Å². The van der Waals surface area contributed by atoms with Crippen molar-refractivity contribution in [1.82, 2.24) is 29.7 Å². The third kappa shape index (κ3) is 4.55. The first-order chi connectivity index (χ1) is 15.7. The Bertz CT molecular complexity index is 1210. The SMILES string of the molecule is Cc1cnc(-c2cnccn2)c2[nH]cc(C(=O)C(=O)N3CCN(C(=O)OC(C)(C)C)CC3)c12. The van der Waals surface area contributed by atoms with Gasteiger partial charge in [-0.05, 0) is 33.3 Å². The van der Waals surface area contributed by atoms with Gasteiger partial charge in [-0.3, -0.25) is 24.5 Å². The first kappa shape index (κ1) is 22.4. The zero-order chi connectivity index (χ0) is 23.8. The van der Waals surface area contributed by atoms with Crippen molar-refractivity contribution in [3.63, 3.8) is 0 Å². The summed E-state index contributed by atoms with van der Waals surface area (Å²) in [5.41, 5.74) is 2.21. The van der Waals surface area contributed by atoms with Crippen LogP contribution < -0.4 is 0 Å². The predicted molar refractivity (Wildman–Crippen MR) is 121 cm³/mol. The normalized spacial score (nSPS) is 14.4. The van der Waals surface area contributed by atoms with Gasteiger partial charge in [-0.15, -0.1) is 0 Å². The highest BCUT2D eigenvalue weighted by Crippen LogP contribution is 2.29. The molecular weight excluding hydrogens is 424 g/mol. The van der Waals surface area contributed by atoms with Gasteiger partial charge in [-0.1, -0.05) is 0 Å². The Hall–Kier alpha value is -3.82. The number of hydrogen-bond donors (Lipinski definition) is 1. The molecule has 0 saturated carbocycles. The summed E-state index contributed by atoms with van der Waals surface area (Å²) in [5.74, 6) is -1.21. The number of aromatic nitrogens is 4. The molecule has 10 nitrogen and oxygen atoms in total. The Morgan fingerprint density at radius 1 is 1.00 bits per heavy atom. The minimum Gasteiger partial charge on any atom is -0.444 e. The lowest BCUT2D eigenvalue weighted by atomic mass is 10.0. The molecular formula is C23H26N6O4. The average molecular weight is 450 g/mol. The van der Waals surface area contributed by atoms with Gasteiger partial charge in [0.15, 0.2) is 0 Å². The summed E-state index contributed by atoms with van der Waals surface area (Å²) < 4.78 is 5.39. The maximum absolute atomic E-state index is 13.2. The molecule has 4 rings (SSSR count). The van der Waals surface area contributed by atoms with Crippen molar-refractivity contribution in [2.75, 3.05) is 26.2 Å². The van der Waals surface area contributed by atoms with Gasteiger partial charge in [0.05, 0.1) is 17.3 Å². The minimum absolute atomic E-state index is 0.261. The summed E-state index contributed by atoms with van der Waals surface area (Å²) in [6.45, 7) is 8.39. The predicted octanol–water partition coefficient (Wildman–Crippen LogP) is 2.59. The number of aromatic amines is 1. The molecule has 0 spiro atoms. The molecule has 33 heavy (non-hydrogen) atoms. The van der Waals surface area contributed by atoms with Gasteiger partial charge in [0.1, 0.15) is 17.0 Å². The number of carbonyl (C=O) groups is 3. The number of ketones is 1. The van der Waals surface area contributed by atoms with E-state index in [2.05, 4.69) is 19.9 Å². The smallest absolute Gasteiger partial charge is 0.410 e. The maximum Gasteiger partial charge on any atom is 0.410 e.